The third kappa shape index (κ3) is 619. The molecule has 0 fully saturated rings. The van der Waals surface area contributed by atoms with E-state index in [1.54, 1.807) is 0 Å². The Kier molecular flexibility index (Phi) is 16.1. The molecule has 0 N–H and O–H groups in total. The Balaban J connectivity index is -0.0000000800. The molecule has 9 heteroatoms. The summed E-state index contributed by atoms with van der Waals surface area (Å²) in [6.45, 7) is 0. The molecule has 0 bridgehead atoms. The van der Waals surface area contributed by atoms with Gasteiger partial charge in [-0.25, -0.2) is 0 Å². The standard InChI is InChI=1S/H2O4S.HO2P.Zr/c1-5(2,3)4;1-3-2;/h(H2,1,2,3,4);(H,1,2);/q;;+3/p-3. The summed E-state index contributed by atoms with van der Waals surface area (Å²) in [5, 5.41) is 0. The van der Waals surface area contributed by atoms with Crippen LogP contribution < -0.4 is 4.89 Å². The summed E-state index contributed by atoms with van der Waals surface area (Å²) in [4.78, 5) is 8.35. The summed E-state index contributed by atoms with van der Waals surface area (Å²) in [5.41, 5.74) is 0. The fourth-order valence-corrected chi connectivity index (χ4v) is 0. The van der Waals surface area contributed by atoms with Gasteiger partial charge in [0.15, 0.2) is 0 Å². The van der Waals surface area contributed by atoms with Gasteiger partial charge < -0.3 is 14.0 Å². The molecule has 0 amide bonds. The van der Waals surface area contributed by atoms with E-state index in [0.717, 1.165) is 0 Å². The predicted molar refractivity (Wildman–Crippen MR) is 18.1 cm³/mol. The van der Waals surface area contributed by atoms with Gasteiger partial charge in [-0.1, -0.05) is 0 Å². The minimum Gasteiger partial charge on any atom is -0.772 e. The molecule has 1 radical (unpaired) electrons. The smallest absolute Gasteiger partial charge is 0.772 e. The second kappa shape index (κ2) is 8.81. The second-order valence-electron chi connectivity index (χ2n) is 0.483. The molecule has 0 rings (SSSR count). The maximum absolute atomic E-state index is 8.52. The summed E-state index contributed by atoms with van der Waals surface area (Å²) >= 11 is 0. The topological polar surface area (TPSA) is 120 Å². The van der Waals surface area contributed by atoms with E-state index in [4.69, 9.17) is 27.0 Å². The molecule has 0 spiro atoms. The van der Waals surface area contributed by atoms with E-state index in [2.05, 4.69) is 0 Å². The molecule has 51 valence electrons. The van der Waals surface area contributed by atoms with Crippen LogP contribution in [-0.4, -0.2) is 17.5 Å². The quantitative estimate of drug-likeness (QED) is 0.284. The van der Waals surface area contributed by atoms with Crippen molar-refractivity contribution in [2.24, 2.45) is 0 Å². The van der Waals surface area contributed by atoms with Crippen molar-refractivity contribution in [3.63, 3.8) is 0 Å². The van der Waals surface area contributed by atoms with E-state index >= 15 is 0 Å². The first-order valence-electron chi connectivity index (χ1n) is 1.03. The molecule has 0 unspecified atom stereocenters. The van der Waals surface area contributed by atoms with Crippen molar-refractivity contribution in [2.45, 2.75) is 0 Å². The third-order valence-corrected chi connectivity index (χ3v) is 0. The molecule has 0 aromatic heterocycles. The Morgan fingerprint density at radius 1 is 1.22 bits per heavy atom. The molecule has 9 heavy (non-hydrogen) atoms. The first-order chi connectivity index (χ1) is 3.41. The van der Waals surface area contributed by atoms with Gasteiger partial charge in [0.1, 0.15) is 0 Å². The normalized spacial score (nSPS) is 8.78. The number of rotatable bonds is 0. The number of hydrogen-bond donors (Lipinski definition) is 0. The average molecular weight is 250 g/mol. The van der Waals surface area contributed by atoms with Gasteiger partial charge in [0.05, 0.1) is 8.69 Å². The van der Waals surface area contributed by atoms with Crippen LogP contribution in [-0.2, 0) is 41.2 Å². The van der Waals surface area contributed by atoms with Gasteiger partial charge in [0, 0.05) is 10.4 Å². The van der Waals surface area contributed by atoms with Gasteiger partial charge in [-0.3, -0.25) is 13.0 Å². The minimum atomic E-state index is -5.17. The Bertz CT molecular complexity index is 127. The molecule has 0 heterocycles. The zero-order valence-electron chi connectivity index (χ0n) is 3.80. The first-order valence-corrected chi connectivity index (χ1v) is 3.10. The van der Waals surface area contributed by atoms with Crippen molar-refractivity contribution in [2.75, 3.05) is 0 Å². The van der Waals surface area contributed by atoms with Crippen LogP contribution in [0.15, 0.2) is 0 Å². The van der Waals surface area contributed by atoms with Crippen LogP contribution in [0, 0.1) is 0 Å². The summed E-state index contributed by atoms with van der Waals surface area (Å²) < 4.78 is 42.4. The first kappa shape index (κ1) is 16.4. The molecular formula is O6PSZr. The summed E-state index contributed by atoms with van der Waals surface area (Å²) in [6, 6.07) is 0. The van der Waals surface area contributed by atoms with Crippen LogP contribution >= 0.6 is 8.69 Å². The Labute approximate surface area is 72.3 Å². The zero-order valence-corrected chi connectivity index (χ0v) is 7.97. The van der Waals surface area contributed by atoms with Gasteiger partial charge in [-0.05, 0) is 0 Å². The SMILES string of the molecule is O=P[O-].O=S(=O)([O-])[O-].[Zr+3]. The van der Waals surface area contributed by atoms with Gasteiger partial charge in [0.2, 0.25) is 0 Å². The minimum absolute atomic E-state index is 0. The van der Waals surface area contributed by atoms with E-state index in [0.29, 0.717) is 0 Å². The molecular weight excluding hydrogens is 250 g/mol. The van der Waals surface area contributed by atoms with Crippen molar-refractivity contribution in [1.29, 1.82) is 0 Å². The monoisotopic (exact) mass is 249 g/mol. The van der Waals surface area contributed by atoms with Crippen molar-refractivity contribution in [3.05, 3.63) is 0 Å². The van der Waals surface area contributed by atoms with E-state index < -0.39 is 19.1 Å². The van der Waals surface area contributed by atoms with E-state index in [9.17, 15) is 0 Å². The third-order valence-electron chi connectivity index (χ3n) is 0. The van der Waals surface area contributed by atoms with Crippen LogP contribution in [0.25, 0.3) is 0 Å². The van der Waals surface area contributed by atoms with Crippen LogP contribution in [0.1, 0.15) is 0 Å². The molecule has 0 saturated carbocycles. The molecule has 0 aliphatic heterocycles. The van der Waals surface area contributed by atoms with Crippen molar-refractivity contribution < 1.29 is 53.2 Å². The molecule has 0 aliphatic rings. The van der Waals surface area contributed by atoms with Gasteiger partial charge in [-0.2, -0.15) is 0 Å². The maximum Gasteiger partial charge on any atom is 3.00 e. The largest absolute Gasteiger partial charge is 3.00 e. The molecule has 0 atom stereocenters. The summed E-state index contributed by atoms with van der Waals surface area (Å²) in [6.07, 6.45) is 0. The van der Waals surface area contributed by atoms with Crippen LogP contribution in [0.2, 0.25) is 0 Å². The van der Waals surface area contributed by atoms with E-state index in [1.807, 2.05) is 0 Å². The molecule has 0 aromatic carbocycles. The second-order valence-corrected chi connectivity index (χ2v) is 1.45. The fourth-order valence-electron chi connectivity index (χ4n) is 0. The summed E-state index contributed by atoms with van der Waals surface area (Å²) in [7, 11) is -6.25. The van der Waals surface area contributed by atoms with Gasteiger partial charge in [-0.15, -0.1) is 0 Å². The van der Waals surface area contributed by atoms with Crippen LogP contribution in [0.4, 0.5) is 0 Å². The molecule has 0 aliphatic carbocycles. The molecule has 0 saturated heterocycles. The Morgan fingerprint density at radius 3 is 1.22 bits per heavy atom. The van der Waals surface area contributed by atoms with Crippen LogP contribution in [0.3, 0.4) is 0 Å². The van der Waals surface area contributed by atoms with Gasteiger partial charge in [0.25, 0.3) is 0 Å². The Morgan fingerprint density at radius 2 is 1.22 bits per heavy atom. The zero-order chi connectivity index (χ0) is 7.21. The maximum atomic E-state index is 8.52. The number of hydrogen-bond acceptors (Lipinski definition) is 6. The fraction of sp³-hybridized carbons (Fsp3) is 0. The van der Waals surface area contributed by atoms with Crippen molar-refractivity contribution in [1.82, 2.24) is 0 Å². The van der Waals surface area contributed by atoms with Gasteiger partial charge >= 0.3 is 26.2 Å². The van der Waals surface area contributed by atoms with Crippen molar-refractivity contribution in [3.8, 4) is 0 Å². The van der Waals surface area contributed by atoms with Crippen LogP contribution in [0.5, 0.6) is 0 Å². The van der Waals surface area contributed by atoms with E-state index in [-0.39, 0.29) is 26.2 Å². The van der Waals surface area contributed by atoms with E-state index in [1.165, 1.54) is 0 Å². The molecule has 6 nitrogen and oxygen atoms in total. The average Bonchev–Trinajstić information content (AvgIpc) is 1.27. The summed E-state index contributed by atoms with van der Waals surface area (Å²) in [5.74, 6) is 0. The Hall–Kier alpha value is 0.813. The van der Waals surface area contributed by atoms with Crippen molar-refractivity contribution >= 4 is 19.1 Å². The molecule has 0 aromatic rings. The predicted octanol–water partition coefficient (Wildman–Crippen LogP) is -1.79.